The molecule has 0 aliphatic carbocycles. The van der Waals surface area contributed by atoms with Crippen LogP contribution in [-0.2, 0) is 16.9 Å². The summed E-state index contributed by atoms with van der Waals surface area (Å²) < 4.78 is 12.7. The van der Waals surface area contributed by atoms with Gasteiger partial charge in [0.25, 0.3) is 0 Å². The Labute approximate surface area is 150 Å². The fourth-order valence-corrected chi connectivity index (χ4v) is 4.33. The van der Waals surface area contributed by atoms with Crippen molar-refractivity contribution < 1.29 is 9.47 Å². The van der Waals surface area contributed by atoms with Gasteiger partial charge in [0.15, 0.2) is 0 Å². The van der Waals surface area contributed by atoms with E-state index < -0.39 is 5.60 Å². The van der Waals surface area contributed by atoms with Crippen LogP contribution in [0.5, 0.6) is 5.75 Å². The van der Waals surface area contributed by atoms with Crippen molar-refractivity contribution in [2.24, 2.45) is 0 Å². The standard InChI is InChI=1S/C22H27NO2/c1-2-25-22(13-16-23-14-7-8-15-23)19-10-4-3-9-18(19)17-24-21-12-6-5-11-20(21)22/h3-6,9-12H,2,7-8,13-17H2,1H3. The van der Waals surface area contributed by atoms with Gasteiger partial charge in [-0.1, -0.05) is 42.5 Å². The lowest BCUT2D eigenvalue weighted by atomic mass is 9.81. The highest BCUT2D eigenvalue weighted by atomic mass is 16.5. The van der Waals surface area contributed by atoms with Gasteiger partial charge in [-0.2, -0.15) is 0 Å². The lowest BCUT2D eigenvalue weighted by Crippen LogP contribution is -2.36. The Balaban J connectivity index is 1.81. The van der Waals surface area contributed by atoms with Crippen molar-refractivity contribution in [3.05, 3.63) is 65.2 Å². The van der Waals surface area contributed by atoms with E-state index >= 15 is 0 Å². The molecule has 3 nitrogen and oxygen atoms in total. The number of para-hydroxylation sites is 1. The van der Waals surface area contributed by atoms with Crippen LogP contribution in [0.25, 0.3) is 0 Å². The third-order valence-corrected chi connectivity index (χ3v) is 5.53. The molecule has 0 N–H and O–H groups in total. The molecule has 2 aromatic rings. The number of likely N-dealkylation sites (tertiary alicyclic amines) is 1. The van der Waals surface area contributed by atoms with Crippen molar-refractivity contribution >= 4 is 0 Å². The molecule has 132 valence electrons. The predicted octanol–water partition coefficient (Wildman–Crippen LogP) is 4.35. The topological polar surface area (TPSA) is 21.7 Å². The number of rotatable bonds is 5. The Morgan fingerprint density at radius 3 is 2.52 bits per heavy atom. The highest BCUT2D eigenvalue weighted by Gasteiger charge is 2.41. The minimum atomic E-state index is -0.430. The molecule has 3 heteroatoms. The predicted molar refractivity (Wildman–Crippen MR) is 99.9 cm³/mol. The van der Waals surface area contributed by atoms with Gasteiger partial charge in [-0.3, -0.25) is 0 Å². The van der Waals surface area contributed by atoms with E-state index in [1.807, 2.05) is 6.07 Å². The van der Waals surface area contributed by atoms with Crippen LogP contribution in [0.4, 0.5) is 0 Å². The monoisotopic (exact) mass is 337 g/mol. The maximum atomic E-state index is 6.56. The van der Waals surface area contributed by atoms with E-state index in [1.54, 1.807) is 0 Å². The Bertz CT molecular complexity index is 674. The van der Waals surface area contributed by atoms with Crippen LogP contribution in [0.2, 0.25) is 0 Å². The molecule has 1 atom stereocenters. The minimum absolute atomic E-state index is 0.430. The molecule has 0 amide bonds. The van der Waals surface area contributed by atoms with Gasteiger partial charge < -0.3 is 14.4 Å². The zero-order valence-corrected chi connectivity index (χ0v) is 15.0. The molecule has 2 aromatic carbocycles. The molecular formula is C22H27NO2. The van der Waals surface area contributed by atoms with E-state index in [1.165, 1.54) is 42.6 Å². The first-order valence-corrected chi connectivity index (χ1v) is 9.50. The van der Waals surface area contributed by atoms with Gasteiger partial charge in [-0.25, -0.2) is 0 Å². The summed E-state index contributed by atoms with van der Waals surface area (Å²) in [5, 5.41) is 0. The third kappa shape index (κ3) is 3.07. The lowest BCUT2D eigenvalue weighted by Gasteiger charge is -2.36. The van der Waals surface area contributed by atoms with Crippen LogP contribution in [0.1, 0.15) is 42.9 Å². The zero-order valence-electron chi connectivity index (χ0n) is 15.0. The summed E-state index contributed by atoms with van der Waals surface area (Å²) in [5.74, 6) is 0.952. The molecule has 1 unspecified atom stereocenters. The van der Waals surface area contributed by atoms with Crippen LogP contribution in [0, 0.1) is 0 Å². The van der Waals surface area contributed by atoms with E-state index in [0.29, 0.717) is 13.2 Å². The Kier molecular flexibility index (Phi) is 4.78. The van der Waals surface area contributed by atoms with Crippen molar-refractivity contribution in [1.82, 2.24) is 4.90 Å². The fourth-order valence-electron chi connectivity index (χ4n) is 4.33. The SMILES string of the molecule is CCOC1(CCN2CCCC2)c2ccccc2COc2ccccc21. The second-order valence-electron chi connectivity index (χ2n) is 7.00. The zero-order chi connectivity index (χ0) is 17.1. The van der Waals surface area contributed by atoms with Gasteiger partial charge >= 0.3 is 0 Å². The molecule has 2 heterocycles. The summed E-state index contributed by atoms with van der Waals surface area (Å²) in [5.41, 5.74) is 3.23. The van der Waals surface area contributed by atoms with E-state index in [2.05, 4.69) is 54.3 Å². The van der Waals surface area contributed by atoms with Crippen LogP contribution in [-0.4, -0.2) is 31.1 Å². The average molecular weight is 337 g/mol. The Morgan fingerprint density at radius 2 is 1.72 bits per heavy atom. The summed E-state index contributed by atoms with van der Waals surface area (Å²) in [4.78, 5) is 2.57. The van der Waals surface area contributed by atoms with E-state index in [-0.39, 0.29) is 0 Å². The minimum Gasteiger partial charge on any atom is -0.488 e. The van der Waals surface area contributed by atoms with Crippen molar-refractivity contribution in [2.45, 2.75) is 38.4 Å². The summed E-state index contributed by atoms with van der Waals surface area (Å²) in [7, 11) is 0. The molecule has 0 radical (unpaired) electrons. The first kappa shape index (κ1) is 16.6. The first-order chi connectivity index (χ1) is 12.3. The van der Waals surface area contributed by atoms with E-state index in [4.69, 9.17) is 9.47 Å². The van der Waals surface area contributed by atoms with Crippen LogP contribution >= 0.6 is 0 Å². The normalized spacial score (nSPS) is 22.8. The number of hydrogen-bond acceptors (Lipinski definition) is 3. The average Bonchev–Trinajstić information content (AvgIpc) is 3.13. The van der Waals surface area contributed by atoms with Crippen LogP contribution in [0.15, 0.2) is 48.5 Å². The maximum absolute atomic E-state index is 6.56. The van der Waals surface area contributed by atoms with Gasteiger partial charge in [0.05, 0.1) is 0 Å². The highest BCUT2D eigenvalue weighted by Crippen LogP contribution is 2.45. The van der Waals surface area contributed by atoms with Gasteiger partial charge in [-0.15, -0.1) is 0 Å². The molecule has 0 spiro atoms. The molecule has 0 saturated carbocycles. The molecular weight excluding hydrogens is 310 g/mol. The summed E-state index contributed by atoms with van der Waals surface area (Å²) >= 11 is 0. The second kappa shape index (κ2) is 7.19. The molecule has 0 aromatic heterocycles. The molecule has 0 bridgehead atoms. The summed E-state index contributed by atoms with van der Waals surface area (Å²) in [6.07, 6.45) is 3.59. The molecule has 1 fully saturated rings. The van der Waals surface area contributed by atoms with Crippen molar-refractivity contribution in [2.75, 3.05) is 26.2 Å². The molecule has 2 aliphatic rings. The molecule has 25 heavy (non-hydrogen) atoms. The van der Waals surface area contributed by atoms with Gasteiger partial charge in [-0.05, 0) is 56.5 Å². The Morgan fingerprint density at radius 1 is 1.00 bits per heavy atom. The largest absolute Gasteiger partial charge is 0.488 e. The summed E-state index contributed by atoms with van der Waals surface area (Å²) in [6.45, 7) is 6.86. The number of ether oxygens (including phenoxy) is 2. The van der Waals surface area contributed by atoms with Crippen molar-refractivity contribution in [1.29, 1.82) is 0 Å². The van der Waals surface area contributed by atoms with Crippen molar-refractivity contribution in [3.63, 3.8) is 0 Å². The van der Waals surface area contributed by atoms with Gasteiger partial charge in [0.1, 0.15) is 18.0 Å². The number of hydrogen-bond donors (Lipinski definition) is 0. The van der Waals surface area contributed by atoms with Crippen LogP contribution in [0.3, 0.4) is 0 Å². The first-order valence-electron chi connectivity index (χ1n) is 9.50. The number of benzene rings is 2. The van der Waals surface area contributed by atoms with E-state index in [9.17, 15) is 0 Å². The quantitative estimate of drug-likeness (QED) is 0.810. The van der Waals surface area contributed by atoms with Crippen LogP contribution < -0.4 is 4.74 Å². The fraction of sp³-hybridized carbons (Fsp3) is 0.455. The molecule has 2 aliphatic heterocycles. The van der Waals surface area contributed by atoms with E-state index in [0.717, 1.165) is 18.7 Å². The second-order valence-corrected chi connectivity index (χ2v) is 7.00. The Hall–Kier alpha value is -1.84. The third-order valence-electron chi connectivity index (χ3n) is 5.53. The van der Waals surface area contributed by atoms with Crippen molar-refractivity contribution in [3.8, 4) is 5.75 Å². The smallest absolute Gasteiger partial charge is 0.126 e. The highest BCUT2D eigenvalue weighted by molar-refractivity contribution is 5.49. The lowest BCUT2D eigenvalue weighted by molar-refractivity contribution is -0.0230. The molecule has 4 rings (SSSR count). The number of fused-ring (bicyclic) bond motifs is 2. The van der Waals surface area contributed by atoms with Gasteiger partial charge in [0.2, 0.25) is 0 Å². The maximum Gasteiger partial charge on any atom is 0.126 e. The number of nitrogens with zero attached hydrogens (tertiary/aromatic N) is 1. The molecule has 1 saturated heterocycles. The van der Waals surface area contributed by atoms with Gasteiger partial charge in [0, 0.05) is 18.7 Å². The summed E-state index contributed by atoms with van der Waals surface area (Å²) in [6, 6.07) is 17.0.